The first-order chi connectivity index (χ1) is 19.8. The fourth-order valence-corrected chi connectivity index (χ4v) is 4.59. The standard InChI is InChI=1S/C31H25ClFN3O4S/c1-40-28-15-14-22(32)17-26(28)35-29(37)19-41-24-12-7-11-23(18-24)34-31(39)27(16-21-10-5-6-13-25(21)33)36-30(38)20-8-3-2-4-9-20/h2-18H,19H2,1H3,(H,34,39)(H,35,37)(H,36,38)/b27-16-. The molecule has 3 N–H and O–H groups in total. The molecule has 0 aliphatic carbocycles. The van der Waals surface area contributed by atoms with Crippen molar-refractivity contribution in [2.75, 3.05) is 23.5 Å². The van der Waals surface area contributed by atoms with E-state index in [-0.39, 0.29) is 22.9 Å². The Hall–Kier alpha value is -4.60. The lowest BCUT2D eigenvalue weighted by Gasteiger charge is -2.13. The molecule has 0 aliphatic heterocycles. The van der Waals surface area contributed by atoms with Gasteiger partial charge in [-0.3, -0.25) is 14.4 Å². The van der Waals surface area contributed by atoms with E-state index < -0.39 is 17.6 Å². The molecule has 10 heteroatoms. The Morgan fingerprint density at radius 3 is 2.41 bits per heavy atom. The molecule has 0 radical (unpaired) electrons. The van der Waals surface area contributed by atoms with Gasteiger partial charge in [0.2, 0.25) is 5.91 Å². The second-order valence-electron chi connectivity index (χ2n) is 8.56. The van der Waals surface area contributed by atoms with E-state index in [1.54, 1.807) is 78.9 Å². The molecule has 0 aliphatic rings. The van der Waals surface area contributed by atoms with E-state index in [9.17, 15) is 18.8 Å². The van der Waals surface area contributed by atoms with Crippen molar-refractivity contribution in [3.05, 3.63) is 125 Å². The molecule has 0 aromatic heterocycles. The highest BCUT2D eigenvalue weighted by atomic mass is 35.5. The van der Waals surface area contributed by atoms with Crippen LogP contribution in [0.1, 0.15) is 15.9 Å². The molecular formula is C31H25ClFN3O4S. The van der Waals surface area contributed by atoms with E-state index in [4.69, 9.17) is 16.3 Å². The van der Waals surface area contributed by atoms with Crippen molar-refractivity contribution in [2.24, 2.45) is 0 Å². The molecule has 0 bridgehead atoms. The van der Waals surface area contributed by atoms with Crippen LogP contribution in [-0.4, -0.2) is 30.6 Å². The lowest BCUT2D eigenvalue weighted by molar-refractivity contribution is -0.114. The summed E-state index contributed by atoms with van der Waals surface area (Å²) in [6, 6.07) is 26.1. The number of nitrogens with one attached hydrogen (secondary N) is 3. The Labute approximate surface area is 245 Å². The van der Waals surface area contributed by atoms with Crippen molar-refractivity contribution in [1.82, 2.24) is 5.32 Å². The van der Waals surface area contributed by atoms with E-state index in [1.165, 1.54) is 43.1 Å². The molecule has 0 spiro atoms. The predicted octanol–water partition coefficient (Wildman–Crippen LogP) is 6.63. The first-order valence-corrected chi connectivity index (χ1v) is 13.7. The van der Waals surface area contributed by atoms with E-state index in [1.807, 2.05) is 0 Å². The van der Waals surface area contributed by atoms with Gasteiger partial charge in [-0.2, -0.15) is 0 Å². The average Bonchev–Trinajstić information content (AvgIpc) is 2.97. The zero-order valence-corrected chi connectivity index (χ0v) is 23.4. The summed E-state index contributed by atoms with van der Waals surface area (Å²) in [5, 5.41) is 8.56. The number of methoxy groups -OCH3 is 1. The molecule has 0 saturated heterocycles. The maximum Gasteiger partial charge on any atom is 0.272 e. The summed E-state index contributed by atoms with van der Waals surface area (Å²) in [5.41, 5.74) is 1.21. The van der Waals surface area contributed by atoms with Crippen molar-refractivity contribution in [3.8, 4) is 5.75 Å². The Balaban J connectivity index is 1.46. The minimum absolute atomic E-state index is 0.0820. The van der Waals surface area contributed by atoms with Gasteiger partial charge in [0.15, 0.2) is 0 Å². The SMILES string of the molecule is COc1ccc(Cl)cc1NC(=O)CSc1cccc(NC(=O)/C(=C/c2ccccc2F)NC(=O)c2ccccc2)c1. The van der Waals surface area contributed by atoms with Crippen molar-refractivity contribution >= 4 is 58.5 Å². The van der Waals surface area contributed by atoms with Gasteiger partial charge < -0.3 is 20.7 Å². The zero-order chi connectivity index (χ0) is 29.2. The van der Waals surface area contributed by atoms with Crippen LogP contribution in [0.5, 0.6) is 5.75 Å². The maximum absolute atomic E-state index is 14.4. The van der Waals surface area contributed by atoms with Crippen LogP contribution in [0, 0.1) is 5.82 Å². The summed E-state index contributed by atoms with van der Waals surface area (Å²) in [6.45, 7) is 0. The van der Waals surface area contributed by atoms with Gasteiger partial charge in [-0.25, -0.2) is 4.39 Å². The number of ether oxygens (including phenoxy) is 1. The fourth-order valence-electron chi connectivity index (χ4n) is 3.67. The first-order valence-electron chi connectivity index (χ1n) is 12.3. The number of hydrogen-bond acceptors (Lipinski definition) is 5. The minimum atomic E-state index is -0.648. The highest BCUT2D eigenvalue weighted by Crippen LogP contribution is 2.28. The average molecular weight is 590 g/mol. The number of benzene rings is 4. The van der Waals surface area contributed by atoms with Crippen LogP contribution < -0.4 is 20.7 Å². The van der Waals surface area contributed by atoms with Crippen molar-refractivity contribution in [3.63, 3.8) is 0 Å². The maximum atomic E-state index is 14.4. The van der Waals surface area contributed by atoms with Gasteiger partial charge in [-0.15, -0.1) is 11.8 Å². The molecule has 0 atom stereocenters. The highest BCUT2D eigenvalue weighted by Gasteiger charge is 2.16. The molecule has 41 heavy (non-hydrogen) atoms. The summed E-state index contributed by atoms with van der Waals surface area (Å²) >= 11 is 7.29. The second-order valence-corrected chi connectivity index (χ2v) is 10.0. The van der Waals surface area contributed by atoms with Crippen LogP contribution >= 0.6 is 23.4 Å². The summed E-state index contributed by atoms with van der Waals surface area (Å²) in [4.78, 5) is 39.3. The van der Waals surface area contributed by atoms with Crippen LogP contribution in [0.15, 0.2) is 108 Å². The zero-order valence-electron chi connectivity index (χ0n) is 21.8. The van der Waals surface area contributed by atoms with E-state index in [0.717, 1.165) is 0 Å². The number of anilines is 2. The minimum Gasteiger partial charge on any atom is -0.495 e. The van der Waals surface area contributed by atoms with E-state index in [2.05, 4.69) is 16.0 Å². The molecule has 4 rings (SSSR count). The lowest BCUT2D eigenvalue weighted by Crippen LogP contribution is -2.30. The lowest BCUT2D eigenvalue weighted by atomic mass is 10.1. The third-order valence-electron chi connectivity index (χ3n) is 5.63. The van der Waals surface area contributed by atoms with Crippen LogP contribution in [0.4, 0.5) is 15.8 Å². The monoisotopic (exact) mass is 589 g/mol. The normalized spacial score (nSPS) is 11.0. The Bertz CT molecular complexity index is 1600. The molecule has 7 nitrogen and oxygen atoms in total. The molecule has 0 fully saturated rings. The Morgan fingerprint density at radius 1 is 0.902 bits per heavy atom. The Kier molecular flexibility index (Phi) is 10.1. The predicted molar refractivity (Wildman–Crippen MR) is 161 cm³/mol. The second kappa shape index (κ2) is 14.2. The smallest absolute Gasteiger partial charge is 0.272 e. The van der Waals surface area contributed by atoms with E-state index >= 15 is 0 Å². The molecule has 4 aromatic rings. The quantitative estimate of drug-likeness (QED) is 0.143. The van der Waals surface area contributed by atoms with Crippen LogP contribution in [-0.2, 0) is 9.59 Å². The number of rotatable bonds is 10. The number of hydrogen-bond donors (Lipinski definition) is 3. The first kappa shape index (κ1) is 29.4. The summed E-state index contributed by atoms with van der Waals surface area (Å²) < 4.78 is 19.6. The number of thioether (sulfide) groups is 1. The molecule has 0 heterocycles. The molecule has 208 valence electrons. The third-order valence-corrected chi connectivity index (χ3v) is 6.86. The van der Waals surface area contributed by atoms with Crippen molar-refractivity contribution in [2.45, 2.75) is 4.90 Å². The fraction of sp³-hybridized carbons (Fsp3) is 0.0645. The molecule has 0 saturated carbocycles. The number of carbonyl (C=O) groups excluding carboxylic acids is 3. The van der Waals surface area contributed by atoms with Gasteiger partial charge in [0.05, 0.1) is 18.6 Å². The largest absolute Gasteiger partial charge is 0.495 e. The Morgan fingerprint density at radius 2 is 1.66 bits per heavy atom. The van der Waals surface area contributed by atoms with Crippen LogP contribution in [0.25, 0.3) is 6.08 Å². The number of carbonyl (C=O) groups is 3. The van der Waals surface area contributed by atoms with Gasteiger partial charge in [-0.1, -0.05) is 54.1 Å². The van der Waals surface area contributed by atoms with Crippen LogP contribution in [0.3, 0.4) is 0 Å². The van der Waals surface area contributed by atoms with Gasteiger partial charge in [0.25, 0.3) is 11.8 Å². The summed E-state index contributed by atoms with van der Waals surface area (Å²) in [5.74, 6) is -1.42. The molecule has 4 aromatic carbocycles. The topological polar surface area (TPSA) is 96.5 Å². The highest BCUT2D eigenvalue weighted by molar-refractivity contribution is 8.00. The molecule has 0 unspecified atom stereocenters. The van der Waals surface area contributed by atoms with Crippen LogP contribution in [0.2, 0.25) is 5.02 Å². The summed E-state index contributed by atoms with van der Waals surface area (Å²) in [7, 11) is 1.50. The summed E-state index contributed by atoms with van der Waals surface area (Å²) in [6.07, 6.45) is 1.28. The number of halogens is 2. The van der Waals surface area contributed by atoms with Gasteiger partial charge in [-0.05, 0) is 60.7 Å². The van der Waals surface area contributed by atoms with Crippen molar-refractivity contribution in [1.29, 1.82) is 0 Å². The third kappa shape index (κ3) is 8.44. The van der Waals surface area contributed by atoms with E-state index in [0.29, 0.717) is 32.6 Å². The van der Waals surface area contributed by atoms with Crippen molar-refractivity contribution < 1.29 is 23.5 Å². The van der Waals surface area contributed by atoms with Gasteiger partial charge in [0.1, 0.15) is 17.3 Å². The molecular weight excluding hydrogens is 565 g/mol. The molecule has 3 amide bonds. The van der Waals surface area contributed by atoms with Gasteiger partial charge >= 0.3 is 0 Å². The number of amides is 3. The van der Waals surface area contributed by atoms with Gasteiger partial charge in [0, 0.05) is 26.7 Å².